The molecule has 0 fully saturated rings. The lowest BCUT2D eigenvalue weighted by Crippen LogP contribution is -2.30. The van der Waals surface area contributed by atoms with Gasteiger partial charge in [-0.2, -0.15) is 0 Å². The van der Waals surface area contributed by atoms with Crippen LogP contribution in [0.5, 0.6) is 0 Å². The largest absolute Gasteiger partial charge is 0.314 e. The quantitative estimate of drug-likeness (QED) is 0.738. The number of hydrogen-bond donors (Lipinski definition) is 1. The van der Waals surface area contributed by atoms with Gasteiger partial charge < -0.3 is 5.32 Å². The molecule has 0 aromatic heterocycles. The number of halogens is 2. The predicted octanol–water partition coefficient (Wildman–Crippen LogP) is 4.07. The summed E-state index contributed by atoms with van der Waals surface area (Å²) in [5, 5.41) is 3.45. The van der Waals surface area contributed by atoms with Gasteiger partial charge in [-0.25, -0.2) is 8.78 Å². The van der Waals surface area contributed by atoms with E-state index < -0.39 is 11.6 Å². The van der Waals surface area contributed by atoms with Crippen molar-refractivity contribution in [1.29, 1.82) is 0 Å². The Morgan fingerprint density at radius 1 is 1.11 bits per heavy atom. The number of nitrogens with one attached hydrogen (secondary N) is 1. The molecule has 0 radical (unpaired) electrons. The van der Waals surface area contributed by atoms with Crippen LogP contribution in [0, 0.1) is 11.6 Å². The van der Waals surface area contributed by atoms with E-state index in [4.69, 9.17) is 0 Å². The lowest BCUT2D eigenvalue weighted by atomic mass is 10.1. The van der Waals surface area contributed by atoms with Crippen LogP contribution in [0.3, 0.4) is 0 Å². The van der Waals surface area contributed by atoms with Gasteiger partial charge in [-0.05, 0) is 43.5 Å². The molecule has 0 spiro atoms. The Kier molecular flexibility index (Phi) is 6.88. The topological polar surface area (TPSA) is 12.0 Å². The van der Waals surface area contributed by atoms with Gasteiger partial charge in [-0.3, -0.25) is 0 Å². The molecule has 1 rings (SSSR count). The molecule has 0 aliphatic rings. The van der Waals surface area contributed by atoms with Gasteiger partial charge in [0.05, 0.1) is 0 Å². The van der Waals surface area contributed by atoms with E-state index in [2.05, 4.69) is 19.2 Å². The molecule has 0 saturated heterocycles. The highest BCUT2D eigenvalue weighted by Gasteiger charge is 2.05. The highest BCUT2D eigenvalue weighted by Crippen LogP contribution is 2.09. The minimum Gasteiger partial charge on any atom is -0.314 e. The Labute approximate surface area is 109 Å². The van der Waals surface area contributed by atoms with Gasteiger partial charge in [0.25, 0.3) is 0 Å². The normalized spacial score (nSPS) is 12.7. The summed E-state index contributed by atoms with van der Waals surface area (Å²) in [6, 6.07) is 4.23. The third-order valence-electron chi connectivity index (χ3n) is 3.17. The molecular weight excluding hydrogens is 232 g/mol. The first-order valence-electron chi connectivity index (χ1n) is 6.84. The first-order valence-corrected chi connectivity index (χ1v) is 6.84. The maximum absolute atomic E-state index is 13.0. The summed E-state index contributed by atoms with van der Waals surface area (Å²) in [6.45, 7) is 5.11. The molecule has 1 N–H and O–H groups in total. The van der Waals surface area contributed by atoms with Crippen LogP contribution >= 0.6 is 0 Å². The molecule has 1 aromatic carbocycles. The molecule has 3 heteroatoms. The van der Waals surface area contributed by atoms with Crippen molar-refractivity contribution in [3.05, 3.63) is 35.4 Å². The summed E-state index contributed by atoms with van der Waals surface area (Å²) in [5.41, 5.74) is 0.713. The summed E-state index contributed by atoms with van der Waals surface area (Å²) in [7, 11) is 0. The summed E-state index contributed by atoms with van der Waals surface area (Å²) >= 11 is 0. The lowest BCUT2D eigenvalue weighted by Gasteiger charge is -2.16. The van der Waals surface area contributed by atoms with Crippen LogP contribution in [0.1, 0.15) is 45.1 Å². The third-order valence-corrected chi connectivity index (χ3v) is 3.17. The fraction of sp³-hybridized carbons (Fsp3) is 0.600. The van der Waals surface area contributed by atoms with E-state index in [1.54, 1.807) is 0 Å². The van der Waals surface area contributed by atoms with E-state index in [0.29, 0.717) is 18.0 Å². The smallest absolute Gasteiger partial charge is 0.126 e. The Balaban J connectivity index is 2.35. The summed E-state index contributed by atoms with van der Waals surface area (Å²) in [4.78, 5) is 0. The van der Waals surface area contributed by atoms with Crippen molar-refractivity contribution >= 4 is 0 Å². The van der Waals surface area contributed by atoms with Crippen LogP contribution in [-0.4, -0.2) is 12.6 Å². The second-order valence-electron chi connectivity index (χ2n) is 4.73. The maximum atomic E-state index is 13.0. The number of unbranched alkanes of at least 4 members (excludes halogenated alkanes) is 1. The van der Waals surface area contributed by atoms with Gasteiger partial charge >= 0.3 is 0 Å². The molecule has 1 nitrogen and oxygen atoms in total. The molecule has 1 aromatic rings. The van der Waals surface area contributed by atoms with E-state index in [1.807, 2.05) is 0 Å². The SMILES string of the molecule is CCCCC(CC)NCCc1cc(F)cc(F)c1. The van der Waals surface area contributed by atoms with Crippen LogP contribution in [0.2, 0.25) is 0 Å². The summed E-state index contributed by atoms with van der Waals surface area (Å²) < 4.78 is 26.0. The van der Waals surface area contributed by atoms with Crippen LogP contribution in [0.15, 0.2) is 18.2 Å². The van der Waals surface area contributed by atoms with E-state index in [1.165, 1.54) is 31.4 Å². The monoisotopic (exact) mass is 255 g/mol. The van der Waals surface area contributed by atoms with Crippen LogP contribution in [0.25, 0.3) is 0 Å². The third kappa shape index (κ3) is 5.58. The Hall–Kier alpha value is -0.960. The maximum Gasteiger partial charge on any atom is 0.126 e. The fourth-order valence-electron chi connectivity index (χ4n) is 2.08. The van der Waals surface area contributed by atoms with Gasteiger partial charge in [0, 0.05) is 12.1 Å². The van der Waals surface area contributed by atoms with Gasteiger partial charge in [0.1, 0.15) is 11.6 Å². The first kappa shape index (κ1) is 15.1. The van der Waals surface area contributed by atoms with E-state index in [-0.39, 0.29) is 0 Å². The van der Waals surface area contributed by atoms with Crippen molar-refractivity contribution in [2.75, 3.05) is 6.54 Å². The van der Waals surface area contributed by atoms with Crippen molar-refractivity contribution in [2.45, 2.75) is 52.0 Å². The molecule has 0 aliphatic carbocycles. The molecule has 1 atom stereocenters. The zero-order valence-corrected chi connectivity index (χ0v) is 11.3. The predicted molar refractivity (Wildman–Crippen MR) is 71.7 cm³/mol. The zero-order valence-electron chi connectivity index (χ0n) is 11.3. The Bertz CT molecular complexity index is 332. The van der Waals surface area contributed by atoms with Crippen molar-refractivity contribution in [1.82, 2.24) is 5.32 Å². The molecule has 18 heavy (non-hydrogen) atoms. The summed E-state index contributed by atoms with van der Waals surface area (Å²) in [5.74, 6) is -0.994. The summed E-state index contributed by atoms with van der Waals surface area (Å²) in [6.07, 6.45) is 5.35. The second kappa shape index (κ2) is 8.20. The molecule has 102 valence electrons. The van der Waals surface area contributed by atoms with Crippen LogP contribution in [-0.2, 0) is 6.42 Å². The Morgan fingerprint density at radius 3 is 2.33 bits per heavy atom. The highest BCUT2D eigenvalue weighted by molar-refractivity contribution is 5.18. The van der Waals surface area contributed by atoms with Gasteiger partial charge in [0.2, 0.25) is 0 Å². The van der Waals surface area contributed by atoms with Crippen molar-refractivity contribution in [3.63, 3.8) is 0 Å². The van der Waals surface area contributed by atoms with Crippen molar-refractivity contribution < 1.29 is 8.78 Å². The van der Waals surface area contributed by atoms with E-state index in [9.17, 15) is 8.78 Å². The average Bonchev–Trinajstić information content (AvgIpc) is 2.32. The van der Waals surface area contributed by atoms with Crippen molar-refractivity contribution in [2.24, 2.45) is 0 Å². The molecule has 0 saturated carbocycles. The van der Waals surface area contributed by atoms with E-state index >= 15 is 0 Å². The minimum absolute atomic E-state index is 0.497. The second-order valence-corrected chi connectivity index (χ2v) is 4.73. The van der Waals surface area contributed by atoms with Crippen LogP contribution in [0.4, 0.5) is 8.78 Å². The number of hydrogen-bond acceptors (Lipinski definition) is 1. The van der Waals surface area contributed by atoms with Crippen molar-refractivity contribution in [3.8, 4) is 0 Å². The lowest BCUT2D eigenvalue weighted by molar-refractivity contribution is 0.455. The average molecular weight is 255 g/mol. The molecule has 0 heterocycles. The molecule has 0 aliphatic heterocycles. The molecule has 0 bridgehead atoms. The van der Waals surface area contributed by atoms with Gasteiger partial charge in [-0.15, -0.1) is 0 Å². The molecular formula is C15H23F2N. The van der Waals surface area contributed by atoms with Gasteiger partial charge in [0.15, 0.2) is 0 Å². The first-order chi connectivity index (χ1) is 8.65. The van der Waals surface area contributed by atoms with Crippen LogP contribution < -0.4 is 5.32 Å². The molecule has 1 unspecified atom stereocenters. The number of benzene rings is 1. The number of rotatable bonds is 8. The highest BCUT2D eigenvalue weighted by atomic mass is 19.1. The van der Waals surface area contributed by atoms with E-state index in [0.717, 1.165) is 19.0 Å². The van der Waals surface area contributed by atoms with Gasteiger partial charge in [-0.1, -0.05) is 26.7 Å². The standard InChI is InChI=1S/C15H23F2N/c1-3-5-6-15(4-2)18-8-7-12-9-13(16)11-14(17)10-12/h9-11,15,18H,3-8H2,1-2H3. The minimum atomic E-state index is -0.497. The zero-order chi connectivity index (χ0) is 13.4. The fourth-order valence-corrected chi connectivity index (χ4v) is 2.08. The molecule has 0 amide bonds. The Morgan fingerprint density at radius 2 is 1.78 bits per heavy atom.